The lowest BCUT2D eigenvalue weighted by Crippen LogP contribution is -2.40. The molecular weight excluding hydrogens is 330 g/mol. The summed E-state index contributed by atoms with van der Waals surface area (Å²) in [5, 5.41) is 9.21. The summed E-state index contributed by atoms with van der Waals surface area (Å²) in [7, 11) is 1.56. The van der Waals surface area contributed by atoms with Crippen LogP contribution in [0.25, 0.3) is 11.1 Å². The van der Waals surface area contributed by atoms with Crippen molar-refractivity contribution in [2.75, 3.05) is 20.2 Å². The zero-order valence-electron chi connectivity index (χ0n) is 15.2. The molecule has 26 heavy (non-hydrogen) atoms. The van der Waals surface area contributed by atoms with Crippen LogP contribution in [-0.2, 0) is 9.53 Å². The molecule has 0 atom stereocenters. The molecular formula is C21H23NO4. The Morgan fingerprint density at radius 3 is 2.04 bits per heavy atom. The third kappa shape index (κ3) is 3.29. The second-order valence-corrected chi connectivity index (χ2v) is 7.35. The smallest absolute Gasteiger partial charge is 0.409 e. The Morgan fingerprint density at radius 1 is 1.04 bits per heavy atom. The Hall–Kier alpha value is -2.82. The molecule has 2 aromatic carbocycles. The number of aliphatic carboxylic acids is 1. The highest BCUT2D eigenvalue weighted by Crippen LogP contribution is 2.44. The Bertz CT molecular complexity index is 798. The largest absolute Gasteiger partial charge is 0.481 e. The fraction of sp³-hybridized carbons (Fsp3) is 0.333. The van der Waals surface area contributed by atoms with Crippen LogP contribution in [0, 0.1) is 5.41 Å². The molecule has 1 N–H and O–H groups in total. The normalized spacial score (nSPS) is 13.0. The monoisotopic (exact) mass is 353 g/mol. The standard InChI is InChI=1S/C21H23NO4/c1-21(2,19(23)24)13-22(3)20(25)26-12-18-16-10-6-4-8-14(16)15-9-5-7-11-17(15)18/h4-11,18H,12-13H2,1-3H3,(H,23,24). The number of carbonyl (C=O) groups excluding carboxylic acids is 1. The van der Waals surface area contributed by atoms with E-state index in [4.69, 9.17) is 4.74 Å². The number of benzene rings is 2. The van der Waals surface area contributed by atoms with E-state index in [0.29, 0.717) is 0 Å². The van der Waals surface area contributed by atoms with E-state index in [1.807, 2.05) is 24.3 Å². The van der Waals surface area contributed by atoms with E-state index in [1.165, 1.54) is 16.0 Å². The van der Waals surface area contributed by atoms with Crippen molar-refractivity contribution in [3.05, 3.63) is 59.7 Å². The van der Waals surface area contributed by atoms with Crippen LogP contribution in [-0.4, -0.2) is 42.3 Å². The first-order valence-corrected chi connectivity index (χ1v) is 8.61. The molecule has 1 aliphatic rings. The molecule has 1 amide bonds. The molecule has 2 aromatic rings. The number of nitrogens with zero attached hydrogens (tertiary/aromatic N) is 1. The van der Waals surface area contributed by atoms with Crippen molar-refractivity contribution >= 4 is 12.1 Å². The molecule has 0 aliphatic heterocycles. The molecule has 5 heteroatoms. The van der Waals surface area contributed by atoms with Crippen molar-refractivity contribution in [2.24, 2.45) is 5.41 Å². The molecule has 0 spiro atoms. The number of hydrogen-bond acceptors (Lipinski definition) is 3. The molecule has 1 aliphatic carbocycles. The van der Waals surface area contributed by atoms with Crippen LogP contribution in [0.2, 0.25) is 0 Å². The Morgan fingerprint density at radius 2 is 1.54 bits per heavy atom. The summed E-state index contributed by atoms with van der Waals surface area (Å²) in [4.78, 5) is 24.9. The third-order valence-corrected chi connectivity index (χ3v) is 4.86. The molecule has 136 valence electrons. The van der Waals surface area contributed by atoms with Crippen LogP contribution in [0.1, 0.15) is 30.9 Å². The van der Waals surface area contributed by atoms with Gasteiger partial charge in [-0.25, -0.2) is 4.79 Å². The van der Waals surface area contributed by atoms with Gasteiger partial charge in [-0.3, -0.25) is 4.79 Å². The van der Waals surface area contributed by atoms with Gasteiger partial charge in [0.1, 0.15) is 6.61 Å². The zero-order valence-corrected chi connectivity index (χ0v) is 15.2. The van der Waals surface area contributed by atoms with Crippen molar-refractivity contribution in [1.82, 2.24) is 4.90 Å². The van der Waals surface area contributed by atoms with Gasteiger partial charge in [0.05, 0.1) is 5.41 Å². The number of ether oxygens (including phenoxy) is 1. The molecule has 3 rings (SSSR count). The minimum Gasteiger partial charge on any atom is -0.481 e. The van der Waals surface area contributed by atoms with Crippen LogP contribution in [0.3, 0.4) is 0 Å². The van der Waals surface area contributed by atoms with E-state index in [-0.39, 0.29) is 19.1 Å². The molecule has 0 bridgehead atoms. The van der Waals surface area contributed by atoms with Crippen LogP contribution in [0.5, 0.6) is 0 Å². The van der Waals surface area contributed by atoms with E-state index >= 15 is 0 Å². The maximum Gasteiger partial charge on any atom is 0.409 e. The highest BCUT2D eigenvalue weighted by molar-refractivity contribution is 5.79. The topological polar surface area (TPSA) is 66.8 Å². The Labute approximate surface area is 153 Å². The molecule has 0 unspecified atom stereocenters. The van der Waals surface area contributed by atoms with E-state index < -0.39 is 17.5 Å². The van der Waals surface area contributed by atoms with Crippen molar-refractivity contribution in [2.45, 2.75) is 19.8 Å². The second-order valence-electron chi connectivity index (χ2n) is 7.35. The van der Waals surface area contributed by atoms with Gasteiger partial charge < -0.3 is 14.7 Å². The molecule has 0 heterocycles. The van der Waals surface area contributed by atoms with Crippen LogP contribution >= 0.6 is 0 Å². The SMILES string of the molecule is CN(CC(C)(C)C(=O)O)C(=O)OCC1c2ccccc2-c2ccccc21. The average molecular weight is 353 g/mol. The Balaban J connectivity index is 1.72. The van der Waals surface area contributed by atoms with E-state index in [2.05, 4.69) is 24.3 Å². The molecule has 0 radical (unpaired) electrons. The lowest BCUT2D eigenvalue weighted by molar-refractivity contribution is -0.147. The van der Waals surface area contributed by atoms with E-state index in [0.717, 1.165) is 11.1 Å². The molecule has 0 saturated heterocycles. The predicted octanol–water partition coefficient (Wildman–Crippen LogP) is 3.98. The maximum atomic E-state index is 12.3. The summed E-state index contributed by atoms with van der Waals surface area (Å²) in [6.45, 7) is 3.48. The van der Waals surface area contributed by atoms with Crippen LogP contribution in [0.4, 0.5) is 4.79 Å². The van der Waals surface area contributed by atoms with Crippen molar-refractivity contribution < 1.29 is 19.4 Å². The second kappa shape index (κ2) is 6.83. The minimum atomic E-state index is -1.03. The van der Waals surface area contributed by atoms with Gasteiger partial charge in [-0.15, -0.1) is 0 Å². The van der Waals surface area contributed by atoms with Gasteiger partial charge in [-0.1, -0.05) is 48.5 Å². The van der Waals surface area contributed by atoms with E-state index in [1.54, 1.807) is 20.9 Å². The number of carboxylic acids is 1. The highest BCUT2D eigenvalue weighted by Gasteiger charge is 2.32. The zero-order chi connectivity index (χ0) is 18.9. The van der Waals surface area contributed by atoms with E-state index in [9.17, 15) is 14.7 Å². The number of amides is 1. The highest BCUT2D eigenvalue weighted by atomic mass is 16.6. The quantitative estimate of drug-likeness (QED) is 0.883. The number of carboxylic acid groups (broad SMARTS) is 1. The number of rotatable bonds is 5. The summed E-state index contributed by atoms with van der Waals surface area (Å²) < 4.78 is 5.52. The predicted molar refractivity (Wildman–Crippen MR) is 99.1 cm³/mol. The van der Waals surface area contributed by atoms with Gasteiger partial charge in [-0.05, 0) is 36.1 Å². The van der Waals surface area contributed by atoms with Crippen molar-refractivity contribution in [3.63, 3.8) is 0 Å². The number of fused-ring (bicyclic) bond motifs is 3. The lowest BCUT2D eigenvalue weighted by Gasteiger charge is -2.26. The van der Waals surface area contributed by atoms with Gasteiger partial charge in [0.25, 0.3) is 0 Å². The average Bonchev–Trinajstić information content (AvgIpc) is 2.93. The van der Waals surface area contributed by atoms with Gasteiger partial charge in [0.2, 0.25) is 0 Å². The van der Waals surface area contributed by atoms with Gasteiger partial charge in [0, 0.05) is 19.5 Å². The first-order chi connectivity index (χ1) is 12.3. The van der Waals surface area contributed by atoms with Crippen LogP contribution < -0.4 is 0 Å². The summed E-state index contributed by atoms with van der Waals surface area (Å²) in [6, 6.07) is 16.3. The summed E-state index contributed by atoms with van der Waals surface area (Å²) in [6.07, 6.45) is -0.513. The number of hydrogen-bond donors (Lipinski definition) is 1. The minimum absolute atomic E-state index is 0.00719. The summed E-state index contributed by atoms with van der Waals surface area (Å²) in [5.74, 6) is -0.956. The Kier molecular flexibility index (Phi) is 4.72. The first-order valence-electron chi connectivity index (χ1n) is 8.61. The third-order valence-electron chi connectivity index (χ3n) is 4.86. The van der Waals surface area contributed by atoms with Gasteiger partial charge in [0.15, 0.2) is 0 Å². The van der Waals surface area contributed by atoms with Crippen LogP contribution in [0.15, 0.2) is 48.5 Å². The fourth-order valence-electron chi connectivity index (χ4n) is 3.43. The van der Waals surface area contributed by atoms with Crippen molar-refractivity contribution in [1.29, 1.82) is 0 Å². The lowest BCUT2D eigenvalue weighted by atomic mass is 9.93. The van der Waals surface area contributed by atoms with Gasteiger partial charge >= 0.3 is 12.1 Å². The maximum absolute atomic E-state index is 12.3. The summed E-state index contributed by atoms with van der Waals surface area (Å²) in [5.41, 5.74) is 3.61. The first kappa shape index (κ1) is 18.0. The van der Waals surface area contributed by atoms with Gasteiger partial charge in [-0.2, -0.15) is 0 Å². The molecule has 0 fully saturated rings. The molecule has 0 saturated carbocycles. The molecule has 5 nitrogen and oxygen atoms in total. The number of carbonyl (C=O) groups is 2. The fourth-order valence-corrected chi connectivity index (χ4v) is 3.43. The molecule has 0 aromatic heterocycles. The van der Waals surface area contributed by atoms with Crippen molar-refractivity contribution in [3.8, 4) is 11.1 Å². The summed E-state index contributed by atoms with van der Waals surface area (Å²) >= 11 is 0.